The maximum absolute atomic E-state index is 9.64. The van der Waals surface area contributed by atoms with Gasteiger partial charge >= 0.3 is 0 Å². The van der Waals surface area contributed by atoms with E-state index in [1.54, 1.807) is 0 Å². The molecule has 0 aromatic carbocycles. The Hall–Kier alpha value is -0.380. The van der Waals surface area contributed by atoms with Gasteiger partial charge in [-0.3, -0.25) is 0 Å². The van der Waals surface area contributed by atoms with Crippen LogP contribution in [-0.4, -0.2) is 17.8 Å². The van der Waals surface area contributed by atoms with Crippen LogP contribution in [0.15, 0.2) is 12.1 Å². The number of rotatable bonds is 4. The van der Waals surface area contributed by atoms with Crippen molar-refractivity contribution >= 4 is 11.3 Å². The highest BCUT2D eigenvalue weighted by molar-refractivity contribution is 7.12. The summed E-state index contributed by atoms with van der Waals surface area (Å²) in [5.74, 6) is 0.655. The SMILES string of the molecule is Cc1ccc(C(C)NCC2CCCC(O)C2)s1. The highest BCUT2D eigenvalue weighted by Gasteiger charge is 2.20. The zero-order chi connectivity index (χ0) is 12.3. The number of aliphatic hydroxyl groups excluding tert-OH is 1. The lowest BCUT2D eigenvalue weighted by molar-refractivity contribution is 0.0998. The molecule has 2 N–H and O–H groups in total. The molecule has 3 atom stereocenters. The third-order valence-electron chi connectivity index (χ3n) is 3.66. The topological polar surface area (TPSA) is 32.3 Å². The normalized spacial score (nSPS) is 27.0. The average Bonchev–Trinajstić information content (AvgIpc) is 2.73. The van der Waals surface area contributed by atoms with Gasteiger partial charge in [-0.15, -0.1) is 11.3 Å². The highest BCUT2D eigenvalue weighted by Crippen LogP contribution is 2.26. The number of thiophene rings is 1. The smallest absolute Gasteiger partial charge is 0.0543 e. The Morgan fingerprint density at radius 1 is 1.47 bits per heavy atom. The Kier molecular flexibility index (Phi) is 4.60. The fourth-order valence-electron chi connectivity index (χ4n) is 2.58. The first kappa shape index (κ1) is 13.1. The second kappa shape index (κ2) is 5.98. The van der Waals surface area contributed by atoms with E-state index in [1.807, 2.05) is 11.3 Å². The molecule has 0 bridgehead atoms. The molecule has 1 aromatic rings. The van der Waals surface area contributed by atoms with Crippen molar-refractivity contribution in [1.29, 1.82) is 0 Å². The standard InChI is InChI=1S/C14H23NOS/c1-10-6-7-14(17-10)11(2)15-9-12-4-3-5-13(16)8-12/h6-7,11-13,15-16H,3-5,8-9H2,1-2H3. The lowest BCUT2D eigenvalue weighted by Crippen LogP contribution is -2.30. The van der Waals surface area contributed by atoms with Crippen molar-refractivity contribution in [3.8, 4) is 0 Å². The molecule has 2 nitrogen and oxygen atoms in total. The summed E-state index contributed by atoms with van der Waals surface area (Å²) in [6, 6.07) is 4.84. The predicted molar refractivity (Wildman–Crippen MR) is 73.4 cm³/mol. The molecular formula is C14H23NOS. The van der Waals surface area contributed by atoms with Crippen LogP contribution in [0, 0.1) is 12.8 Å². The quantitative estimate of drug-likeness (QED) is 0.863. The van der Waals surface area contributed by atoms with Crippen molar-refractivity contribution in [1.82, 2.24) is 5.32 Å². The van der Waals surface area contributed by atoms with Gasteiger partial charge < -0.3 is 10.4 Å². The first-order valence-electron chi connectivity index (χ1n) is 6.63. The molecule has 0 radical (unpaired) electrons. The van der Waals surface area contributed by atoms with E-state index < -0.39 is 0 Å². The van der Waals surface area contributed by atoms with Gasteiger partial charge in [0, 0.05) is 15.8 Å². The van der Waals surface area contributed by atoms with Gasteiger partial charge in [0.15, 0.2) is 0 Å². The van der Waals surface area contributed by atoms with E-state index in [0.717, 1.165) is 19.4 Å². The molecule has 3 unspecified atom stereocenters. The van der Waals surface area contributed by atoms with E-state index in [9.17, 15) is 5.11 Å². The molecule has 2 rings (SSSR count). The molecule has 1 aliphatic carbocycles. The highest BCUT2D eigenvalue weighted by atomic mass is 32.1. The second-order valence-electron chi connectivity index (χ2n) is 5.26. The first-order chi connectivity index (χ1) is 8.15. The summed E-state index contributed by atoms with van der Waals surface area (Å²) in [6.45, 7) is 5.41. The van der Waals surface area contributed by atoms with Crippen molar-refractivity contribution in [2.45, 2.75) is 51.7 Å². The number of hydrogen-bond acceptors (Lipinski definition) is 3. The molecular weight excluding hydrogens is 230 g/mol. The second-order valence-corrected chi connectivity index (χ2v) is 6.58. The molecule has 1 heterocycles. The Morgan fingerprint density at radius 3 is 2.94 bits per heavy atom. The van der Waals surface area contributed by atoms with Crippen molar-refractivity contribution in [2.24, 2.45) is 5.92 Å². The van der Waals surface area contributed by atoms with Crippen LogP contribution in [0.1, 0.15) is 48.4 Å². The Bertz CT molecular complexity index is 350. The fourth-order valence-corrected chi connectivity index (χ4v) is 3.48. The summed E-state index contributed by atoms with van der Waals surface area (Å²) in [5.41, 5.74) is 0. The molecule has 1 aliphatic rings. The Balaban J connectivity index is 1.77. The van der Waals surface area contributed by atoms with Crippen molar-refractivity contribution < 1.29 is 5.11 Å². The van der Waals surface area contributed by atoms with Crippen LogP contribution in [0.4, 0.5) is 0 Å². The number of aryl methyl sites for hydroxylation is 1. The van der Waals surface area contributed by atoms with E-state index >= 15 is 0 Å². The Morgan fingerprint density at radius 2 is 2.29 bits per heavy atom. The van der Waals surface area contributed by atoms with Crippen molar-refractivity contribution in [3.05, 3.63) is 21.9 Å². The zero-order valence-electron chi connectivity index (χ0n) is 10.8. The van der Waals surface area contributed by atoms with E-state index in [-0.39, 0.29) is 6.10 Å². The molecule has 3 heteroatoms. The minimum absolute atomic E-state index is 0.0603. The molecule has 0 aliphatic heterocycles. The van der Waals surface area contributed by atoms with Crippen LogP contribution in [0.2, 0.25) is 0 Å². The van der Waals surface area contributed by atoms with E-state index in [1.165, 1.54) is 22.6 Å². The minimum Gasteiger partial charge on any atom is -0.393 e. The summed E-state index contributed by atoms with van der Waals surface area (Å²) in [4.78, 5) is 2.79. The predicted octanol–water partition coefficient (Wildman–Crippen LogP) is 3.26. The maximum Gasteiger partial charge on any atom is 0.0543 e. The van der Waals surface area contributed by atoms with Crippen LogP contribution in [0.25, 0.3) is 0 Å². The zero-order valence-corrected chi connectivity index (χ0v) is 11.6. The summed E-state index contributed by atoms with van der Waals surface area (Å²) >= 11 is 1.87. The average molecular weight is 253 g/mol. The number of aliphatic hydroxyl groups is 1. The lowest BCUT2D eigenvalue weighted by Gasteiger charge is -2.27. The first-order valence-corrected chi connectivity index (χ1v) is 7.44. The summed E-state index contributed by atoms with van der Waals surface area (Å²) < 4.78 is 0. The number of hydrogen-bond donors (Lipinski definition) is 2. The molecule has 1 fully saturated rings. The maximum atomic E-state index is 9.64. The molecule has 1 saturated carbocycles. The largest absolute Gasteiger partial charge is 0.393 e. The molecule has 17 heavy (non-hydrogen) atoms. The molecule has 0 amide bonds. The monoisotopic (exact) mass is 253 g/mol. The third-order valence-corrected chi connectivity index (χ3v) is 4.84. The minimum atomic E-state index is -0.0603. The Labute approximate surface area is 108 Å². The molecule has 96 valence electrons. The summed E-state index contributed by atoms with van der Waals surface area (Å²) in [7, 11) is 0. The fraction of sp³-hybridized carbons (Fsp3) is 0.714. The van der Waals surface area contributed by atoms with Gasteiger partial charge in [0.05, 0.1) is 6.10 Å². The van der Waals surface area contributed by atoms with Gasteiger partial charge in [-0.25, -0.2) is 0 Å². The van der Waals surface area contributed by atoms with Crippen LogP contribution in [0.3, 0.4) is 0 Å². The van der Waals surface area contributed by atoms with E-state index in [4.69, 9.17) is 0 Å². The number of nitrogens with one attached hydrogen (secondary N) is 1. The van der Waals surface area contributed by atoms with Gasteiger partial charge in [-0.05, 0) is 57.7 Å². The van der Waals surface area contributed by atoms with Gasteiger partial charge in [0.1, 0.15) is 0 Å². The van der Waals surface area contributed by atoms with Crippen LogP contribution >= 0.6 is 11.3 Å². The lowest BCUT2D eigenvalue weighted by atomic mass is 9.87. The molecule has 0 spiro atoms. The van der Waals surface area contributed by atoms with Gasteiger partial charge in [0.25, 0.3) is 0 Å². The van der Waals surface area contributed by atoms with E-state index in [0.29, 0.717) is 12.0 Å². The molecule has 0 saturated heterocycles. The van der Waals surface area contributed by atoms with E-state index in [2.05, 4.69) is 31.3 Å². The van der Waals surface area contributed by atoms with Crippen LogP contribution in [0.5, 0.6) is 0 Å². The van der Waals surface area contributed by atoms with Gasteiger partial charge in [-0.1, -0.05) is 6.42 Å². The summed E-state index contributed by atoms with van der Waals surface area (Å²) in [5, 5.41) is 13.2. The van der Waals surface area contributed by atoms with Gasteiger partial charge in [-0.2, -0.15) is 0 Å². The van der Waals surface area contributed by atoms with Gasteiger partial charge in [0.2, 0.25) is 0 Å². The third kappa shape index (κ3) is 3.80. The van der Waals surface area contributed by atoms with Crippen LogP contribution in [-0.2, 0) is 0 Å². The van der Waals surface area contributed by atoms with Crippen molar-refractivity contribution in [2.75, 3.05) is 6.54 Å². The van der Waals surface area contributed by atoms with Crippen molar-refractivity contribution in [3.63, 3.8) is 0 Å². The summed E-state index contributed by atoms with van der Waals surface area (Å²) in [6.07, 6.45) is 4.36. The molecule has 1 aromatic heterocycles. The van der Waals surface area contributed by atoms with Crippen LogP contribution < -0.4 is 5.32 Å².